The Bertz CT molecular complexity index is 468. The van der Waals surface area contributed by atoms with E-state index < -0.39 is 0 Å². The molecule has 1 heterocycles. The zero-order valence-corrected chi connectivity index (χ0v) is 12.6. The lowest BCUT2D eigenvalue weighted by molar-refractivity contribution is -0.130. The lowest BCUT2D eigenvalue weighted by Gasteiger charge is -2.50. The molecule has 0 spiro atoms. The summed E-state index contributed by atoms with van der Waals surface area (Å²) in [5.41, 5.74) is 1.37. The van der Waals surface area contributed by atoms with Crippen molar-refractivity contribution in [3.8, 4) is 0 Å². The number of hydrogen-bond acceptors (Lipinski definition) is 2. The van der Waals surface area contributed by atoms with E-state index in [0.29, 0.717) is 29.6 Å². The maximum atomic E-state index is 12.0. The van der Waals surface area contributed by atoms with Gasteiger partial charge in [0.25, 0.3) is 0 Å². The number of hydrogen-bond donors (Lipinski definition) is 0. The van der Waals surface area contributed by atoms with E-state index in [2.05, 4.69) is 49.1 Å². The summed E-state index contributed by atoms with van der Waals surface area (Å²) in [4.78, 5) is 14.6. The Labute approximate surface area is 122 Å². The average Bonchev–Trinajstić information content (AvgIpc) is 2.42. The maximum Gasteiger partial charge on any atom is 0.134 e. The minimum atomic E-state index is 0.468. The highest BCUT2D eigenvalue weighted by atomic mass is 16.1. The minimum absolute atomic E-state index is 0.468. The van der Waals surface area contributed by atoms with Gasteiger partial charge in [-0.25, -0.2) is 0 Å². The van der Waals surface area contributed by atoms with Gasteiger partial charge in [0.05, 0.1) is 0 Å². The predicted molar refractivity (Wildman–Crippen MR) is 81.3 cm³/mol. The smallest absolute Gasteiger partial charge is 0.134 e. The van der Waals surface area contributed by atoms with E-state index in [1.54, 1.807) is 0 Å². The summed E-state index contributed by atoms with van der Waals surface area (Å²) in [6.45, 7) is 6.80. The fourth-order valence-electron chi connectivity index (χ4n) is 4.36. The Hall–Kier alpha value is -1.15. The molecule has 1 aromatic carbocycles. The number of rotatable bonds is 3. The molecule has 1 saturated heterocycles. The molecule has 0 aromatic heterocycles. The molecule has 2 heteroatoms. The molecular formula is C18H25NO. The summed E-state index contributed by atoms with van der Waals surface area (Å²) < 4.78 is 0. The molecule has 1 saturated carbocycles. The van der Waals surface area contributed by atoms with Crippen LogP contribution in [0, 0.1) is 17.8 Å². The highest BCUT2D eigenvalue weighted by molar-refractivity contribution is 5.80. The number of ketones is 1. The maximum absolute atomic E-state index is 12.0. The van der Waals surface area contributed by atoms with Gasteiger partial charge in [-0.05, 0) is 36.3 Å². The van der Waals surface area contributed by atoms with Crippen molar-refractivity contribution >= 4 is 5.78 Å². The molecular weight excluding hydrogens is 246 g/mol. The number of carbonyl (C=O) groups is 1. The third-order valence-electron chi connectivity index (χ3n) is 5.17. The Balaban J connectivity index is 1.79. The molecule has 2 fully saturated rings. The lowest BCUT2D eigenvalue weighted by atomic mass is 9.66. The average molecular weight is 271 g/mol. The summed E-state index contributed by atoms with van der Waals surface area (Å²) >= 11 is 0. The highest BCUT2D eigenvalue weighted by Crippen LogP contribution is 2.42. The second-order valence-electron chi connectivity index (χ2n) is 6.84. The van der Waals surface area contributed by atoms with Gasteiger partial charge in [-0.3, -0.25) is 9.69 Å². The van der Waals surface area contributed by atoms with E-state index >= 15 is 0 Å². The van der Waals surface area contributed by atoms with Crippen LogP contribution in [0.15, 0.2) is 30.3 Å². The van der Waals surface area contributed by atoms with E-state index in [-0.39, 0.29) is 0 Å². The van der Waals surface area contributed by atoms with Gasteiger partial charge >= 0.3 is 0 Å². The molecule has 2 aliphatic rings. The summed E-state index contributed by atoms with van der Waals surface area (Å²) in [7, 11) is 0. The molecule has 3 rings (SSSR count). The van der Waals surface area contributed by atoms with Crippen molar-refractivity contribution in [2.45, 2.75) is 45.7 Å². The van der Waals surface area contributed by atoms with E-state index in [9.17, 15) is 4.79 Å². The molecule has 3 atom stereocenters. The SMILES string of the molecule is CC(C)[C@H]1[C@H]2CCN(Cc3ccccc3)[C@@H]1CC(=O)C2. The largest absolute Gasteiger partial charge is 0.300 e. The summed E-state index contributed by atoms with van der Waals surface area (Å²) in [6.07, 6.45) is 2.79. The normalized spacial score (nSPS) is 30.8. The second-order valence-corrected chi connectivity index (χ2v) is 6.84. The Morgan fingerprint density at radius 1 is 1.20 bits per heavy atom. The van der Waals surface area contributed by atoms with E-state index in [4.69, 9.17) is 0 Å². The van der Waals surface area contributed by atoms with Crippen molar-refractivity contribution in [2.75, 3.05) is 6.54 Å². The van der Waals surface area contributed by atoms with Crippen LogP contribution >= 0.6 is 0 Å². The van der Waals surface area contributed by atoms with Crippen LogP contribution in [-0.2, 0) is 11.3 Å². The van der Waals surface area contributed by atoms with Gasteiger partial charge in [-0.15, -0.1) is 0 Å². The van der Waals surface area contributed by atoms with Crippen LogP contribution in [0.4, 0.5) is 0 Å². The van der Waals surface area contributed by atoms with Crippen molar-refractivity contribution in [1.82, 2.24) is 4.90 Å². The summed E-state index contributed by atoms with van der Waals surface area (Å²) in [5, 5.41) is 0. The third kappa shape index (κ3) is 2.67. The lowest BCUT2D eigenvalue weighted by Crippen LogP contribution is -2.54. The summed E-state index contributed by atoms with van der Waals surface area (Å²) in [6, 6.07) is 11.1. The van der Waals surface area contributed by atoms with E-state index in [0.717, 1.165) is 25.9 Å². The zero-order valence-electron chi connectivity index (χ0n) is 12.6. The summed E-state index contributed by atoms with van der Waals surface area (Å²) in [5.74, 6) is 2.49. The predicted octanol–water partition coefficient (Wildman–Crippen LogP) is 3.51. The van der Waals surface area contributed by atoms with Crippen LogP contribution in [0.2, 0.25) is 0 Å². The van der Waals surface area contributed by atoms with Gasteiger partial charge < -0.3 is 0 Å². The quantitative estimate of drug-likeness (QED) is 0.838. The number of benzene rings is 1. The van der Waals surface area contributed by atoms with E-state index in [1.165, 1.54) is 12.0 Å². The Morgan fingerprint density at radius 3 is 2.65 bits per heavy atom. The topological polar surface area (TPSA) is 20.3 Å². The first-order valence-electron chi connectivity index (χ1n) is 7.95. The Morgan fingerprint density at radius 2 is 1.95 bits per heavy atom. The molecule has 0 N–H and O–H groups in total. The zero-order chi connectivity index (χ0) is 14.1. The first-order valence-corrected chi connectivity index (χ1v) is 7.95. The molecule has 2 bridgehead atoms. The molecule has 108 valence electrons. The van der Waals surface area contributed by atoms with E-state index in [1.807, 2.05) is 0 Å². The number of carbonyl (C=O) groups excluding carboxylic acids is 1. The van der Waals surface area contributed by atoms with Crippen molar-refractivity contribution in [3.63, 3.8) is 0 Å². The molecule has 1 aromatic rings. The molecule has 1 aliphatic carbocycles. The van der Waals surface area contributed by atoms with Crippen molar-refractivity contribution in [2.24, 2.45) is 17.8 Å². The van der Waals surface area contributed by atoms with Crippen LogP contribution in [0.5, 0.6) is 0 Å². The molecule has 0 unspecified atom stereocenters. The van der Waals surface area contributed by atoms with Gasteiger partial charge in [0.1, 0.15) is 5.78 Å². The molecule has 20 heavy (non-hydrogen) atoms. The van der Waals surface area contributed by atoms with Crippen LogP contribution in [-0.4, -0.2) is 23.3 Å². The first-order chi connectivity index (χ1) is 9.65. The number of piperidine rings is 1. The van der Waals surface area contributed by atoms with Gasteiger partial charge in [0.2, 0.25) is 0 Å². The van der Waals surface area contributed by atoms with Gasteiger partial charge in [0.15, 0.2) is 0 Å². The van der Waals surface area contributed by atoms with Gasteiger partial charge in [-0.1, -0.05) is 44.2 Å². The standard InChI is InChI=1S/C18H25NO/c1-13(2)18-15-8-9-19(17(18)11-16(20)10-15)12-14-6-4-3-5-7-14/h3-7,13,15,17-18H,8-12H2,1-2H3/t15-,17+,18-/m0/s1. The minimum Gasteiger partial charge on any atom is -0.300 e. The first kappa shape index (κ1) is 13.8. The Kier molecular flexibility index (Phi) is 3.93. The van der Waals surface area contributed by atoms with Crippen LogP contribution in [0.25, 0.3) is 0 Å². The fourth-order valence-corrected chi connectivity index (χ4v) is 4.36. The third-order valence-corrected chi connectivity index (χ3v) is 5.17. The number of likely N-dealkylation sites (tertiary alicyclic amines) is 1. The second kappa shape index (κ2) is 5.69. The van der Waals surface area contributed by atoms with Crippen molar-refractivity contribution in [1.29, 1.82) is 0 Å². The number of Topliss-reactive ketones (excluding diaryl/α,β-unsaturated/α-hetero) is 1. The number of fused-ring (bicyclic) bond motifs is 2. The molecule has 2 nitrogen and oxygen atoms in total. The van der Waals surface area contributed by atoms with Crippen LogP contribution in [0.1, 0.15) is 38.7 Å². The molecule has 0 radical (unpaired) electrons. The monoisotopic (exact) mass is 271 g/mol. The van der Waals surface area contributed by atoms with Crippen molar-refractivity contribution in [3.05, 3.63) is 35.9 Å². The molecule has 0 amide bonds. The van der Waals surface area contributed by atoms with Gasteiger partial charge in [0, 0.05) is 25.4 Å². The number of nitrogens with zero attached hydrogens (tertiary/aromatic N) is 1. The highest BCUT2D eigenvalue weighted by Gasteiger charge is 2.44. The van der Waals surface area contributed by atoms with Gasteiger partial charge in [-0.2, -0.15) is 0 Å². The van der Waals surface area contributed by atoms with Crippen molar-refractivity contribution < 1.29 is 4.79 Å². The molecule has 1 aliphatic heterocycles. The van der Waals surface area contributed by atoms with Crippen LogP contribution < -0.4 is 0 Å². The van der Waals surface area contributed by atoms with Crippen LogP contribution in [0.3, 0.4) is 0 Å². The fraction of sp³-hybridized carbons (Fsp3) is 0.611.